The van der Waals surface area contributed by atoms with Crippen molar-refractivity contribution >= 4 is 18.0 Å². The van der Waals surface area contributed by atoms with Crippen molar-refractivity contribution in [2.45, 2.75) is 32.4 Å². The minimum atomic E-state index is -0.916. The van der Waals surface area contributed by atoms with E-state index < -0.39 is 29.9 Å². The van der Waals surface area contributed by atoms with E-state index in [1.807, 2.05) is 0 Å². The number of urea groups is 1. The van der Waals surface area contributed by atoms with Crippen molar-refractivity contribution in [3.63, 3.8) is 0 Å². The van der Waals surface area contributed by atoms with Crippen LogP contribution in [0, 0.1) is 5.92 Å². The van der Waals surface area contributed by atoms with E-state index in [-0.39, 0.29) is 12.6 Å². The van der Waals surface area contributed by atoms with Crippen molar-refractivity contribution in [2.24, 2.45) is 5.92 Å². The summed E-state index contributed by atoms with van der Waals surface area (Å²) in [6.07, 6.45) is 3.49. The maximum Gasteiger partial charge on any atom is 0.328 e. The molecule has 1 aliphatic carbocycles. The number of carboxylic acid groups (broad SMARTS) is 1. The maximum atomic E-state index is 11.6. The van der Waals surface area contributed by atoms with Crippen LogP contribution in [-0.4, -0.2) is 41.8 Å². The Labute approximate surface area is 111 Å². The molecule has 0 aliphatic heterocycles. The molecule has 19 heavy (non-hydrogen) atoms. The van der Waals surface area contributed by atoms with Crippen LogP contribution in [-0.2, 0) is 14.3 Å². The van der Waals surface area contributed by atoms with Gasteiger partial charge in [0, 0.05) is 0 Å². The van der Waals surface area contributed by atoms with Gasteiger partial charge in [0.05, 0.1) is 18.6 Å². The molecule has 0 heterocycles. The molecule has 0 spiro atoms. The number of aliphatic carboxylic acids is 1. The predicted octanol–water partition coefficient (Wildman–Crippen LogP) is 0.267. The molecular formula is C12H18N2O5. The highest BCUT2D eigenvalue weighted by molar-refractivity contribution is 5.83. The zero-order valence-electron chi connectivity index (χ0n) is 10.9. The van der Waals surface area contributed by atoms with Crippen molar-refractivity contribution < 1.29 is 24.2 Å². The van der Waals surface area contributed by atoms with Crippen molar-refractivity contribution in [1.29, 1.82) is 0 Å². The summed E-state index contributed by atoms with van der Waals surface area (Å²) in [7, 11) is 0. The molecule has 7 heteroatoms. The average Bonchev–Trinajstić information content (AvgIpc) is 2.77. The monoisotopic (exact) mass is 270 g/mol. The fourth-order valence-electron chi connectivity index (χ4n) is 1.72. The lowest BCUT2D eigenvalue weighted by molar-refractivity contribution is -0.145. The smallest absolute Gasteiger partial charge is 0.328 e. The Bertz CT molecular complexity index is 394. The molecule has 3 N–H and O–H groups in total. The van der Waals surface area contributed by atoms with E-state index in [4.69, 9.17) is 9.84 Å². The summed E-state index contributed by atoms with van der Waals surface area (Å²) in [5.74, 6) is -2.00. The summed E-state index contributed by atoms with van der Waals surface area (Å²) in [5.41, 5.74) is 0. The minimum absolute atomic E-state index is 0.248. The molecule has 3 atom stereocenters. The Morgan fingerprint density at radius 1 is 1.42 bits per heavy atom. The predicted molar refractivity (Wildman–Crippen MR) is 66.4 cm³/mol. The average molecular weight is 270 g/mol. The Kier molecular flexibility index (Phi) is 5.35. The number of ether oxygens (including phenoxy) is 1. The Morgan fingerprint density at radius 2 is 2.11 bits per heavy atom. The van der Waals surface area contributed by atoms with Gasteiger partial charge in [0.25, 0.3) is 0 Å². The van der Waals surface area contributed by atoms with E-state index in [0.717, 1.165) is 0 Å². The van der Waals surface area contributed by atoms with Gasteiger partial charge in [-0.3, -0.25) is 4.79 Å². The van der Waals surface area contributed by atoms with Gasteiger partial charge in [-0.2, -0.15) is 0 Å². The van der Waals surface area contributed by atoms with E-state index in [0.29, 0.717) is 6.42 Å². The Balaban J connectivity index is 2.35. The summed E-state index contributed by atoms with van der Waals surface area (Å²) < 4.78 is 4.75. The van der Waals surface area contributed by atoms with Crippen LogP contribution in [0.25, 0.3) is 0 Å². The number of carbonyl (C=O) groups excluding carboxylic acids is 2. The van der Waals surface area contributed by atoms with Gasteiger partial charge < -0.3 is 20.5 Å². The maximum absolute atomic E-state index is 11.6. The summed E-state index contributed by atoms with van der Waals surface area (Å²) in [5, 5.41) is 13.8. The lowest BCUT2D eigenvalue weighted by Gasteiger charge is -2.16. The molecule has 0 saturated carbocycles. The largest absolute Gasteiger partial charge is 0.481 e. The number of carbonyl (C=O) groups is 3. The van der Waals surface area contributed by atoms with Crippen LogP contribution in [0.2, 0.25) is 0 Å². The van der Waals surface area contributed by atoms with Crippen LogP contribution < -0.4 is 10.6 Å². The number of carboxylic acids is 1. The van der Waals surface area contributed by atoms with Crippen LogP contribution in [0.15, 0.2) is 12.2 Å². The first-order valence-corrected chi connectivity index (χ1v) is 6.08. The molecule has 0 fully saturated rings. The van der Waals surface area contributed by atoms with Crippen molar-refractivity contribution in [1.82, 2.24) is 10.6 Å². The lowest BCUT2D eigenvalue weighted by atomic mass is 10.1. The molecule has 3 unspecified atom stereocenters. The van der Waals surface area contributed by atoms with E-state index in [1.165, 1.54) is 6.92 Å². The third-order valence-electron chi connectivity index (χ3n) is 2.71. The molecule has 7 nitrogen and oxygen atoms in total. The number of esters is 1. The van der Waals surface area contributed by atoms with E-state index in [1.54, 1.807) is 19.1 Å². The van der Waals surface area contributed by atoms with E-state index in [2.05, 4.69) is 10.6 Å². The first kappa shape index (κ1) is 15.0. The summed E-state index contributed by atoms with van der Waals surface area (Å²) in [4.78, 5) is 33.6. The van der Waals surface area contributed by atoms with Crippen LogP contribution in [0.4, 0.5) is 4.79 Å². The van der Waals surface area contributed by atoms with Gasteiger partial charge in [-0.15, -0.1) is 0 Å². The second-order valence-electron chi connectivity index (χ2n) is 4.26. The van der Waals surface area contributed by atoms with Gasteiger partial charge in [-0.05, 0) is 20.3 Å². The highest BCUT2D eigenvalue weighted by Crippen LogP contribution is 2.17. The van der Waals surface area contributed by atoms with Crippen LogP contribution in [0.5, 0.6) is 0 Å². The summed E-state index contributed by atoms with van der Waals surface area (Å²) in [6, 6.07) is -1.61. The third kappa shape index (κ3) is 4.61. The highest BCUT2D eigenvalue weighted by atomic mass is 16.5. The second-order valence-corrected chi connectivity index (χ2v) is 4.26. The molecular weight excluding hydrogens is 252 g/mol. The number of nitrogens with one attached hydrogen (secondary N) is 2. The summed E-state index contributed by atoms with van der Waals surface area (Å²) in [6.45, 7) is 3.44. The minimum Gasteiger partial charge on any atom is -0.481 e. The van der Waals surface area contributed by atoms with E-state index >= 15 is 0 Å². The molecule has 0 radical (unpaired) electrons. The van der Waals surface area contributed by atoms with Gasteiger partial charge in [0.15, 0.2) is 0 Å². The SMILES string of the molecule is CCOC(=O)C(C)NC(=O)NC1C=CC(C(=O)O)C1. The van der Waals surface area contributed by atoms with Gasteiger partial charge in [0.1, 0.15) is 6.04 Å². The third-order valence-corrected chi connectivity index (χ3v) is 2.71. The Morgan fingerprint density at radius 3 is 2.63 bits per heavy atom. The molecule has 0 bridgehead atoms. The normalized spacial score (nSPS) is 22.6. The fraction of sp³-hybridized carbons (Fsp3) is 0.583. The van der Waals surface area contributed by atoms with Gasteiger partial charge in [0.2, 0.25) is 0 Å². The topological polar surface area (TPSA) is 105 Å². The highest BCUT2D eigenvalue weighted by Gasteiger charge is 2.26. The second kappa shape index (κ2) is 6.77. The number of amides is 2. The van der Waals surface area contributed by atoms with Crippen molar-refractivity contribution in [3.8, 4) is 0 Å². The molecule has 1 aliphatic rings. The quantitative estimate of drug-likeness (QED) is 0.491. The molecule has 1 rings (SSSR count). The van der Waals surface area contributed by atoms with Gasteiger partial charge >= 0.3 is 18.0 Å². The zero-order chi connectivity index (χ0) is 14.4. The molecule has 106 valence electrons. The number of hydrogen-bond acceptors (Lipinski definition) is 4. The van der Waals surface area contributed by atoms with Crippen LogP contribution in [0.3, 0.4) is 0 Å². The molecule has 0 aromatic heterocycles. The van der Waals surface area contributed by atoms with E-state index in [9.17, 15) is 14.4 Å². The first-order chi connectivity index (χ1) is 8.93. The summed E-state index contributed by atoms with van der Waals surface area (Å²) >= 11 is 0. The zero-order valence-corrected chi connectivity index (χ0v) is 10.9. The number of hydrogen-bond donors (Lipinski definition) is 3. The van der Waals surface area contributed by atoms with Crippen molar-refractivity contribution in [2.75, 3.05) is 6.61 Å². The standard InChI is InChI=1S/C12H18N2O5/c1-3-19-11(17)7(2)13-12(18)14-9-5-4-8(6-9)10(15)16/h4-5,7-9H,3,6H2,1-2H3,(H,15,16)(H2,13,14,18). The van der Waals surface area contributed by atoms with Gasteiger partial charge in [-0.1, -0.05) is 12.2 Å². The molecule has 0 aromatic rings. The molecule has 0 aromatic carbocycles. The fourth-order valence-corrected chi connectivity index (χ4v) is 1.72. The van der Waals surface area contributed by atoms with Gasteiger partial charge in [-0.25, -0.2) is 9.59 Å². The van der Waals surface area contributed by atoms with Crippen LogP contribution >= 0.6 is 0 Å². The number of rotatable bonds is 5. The lowest BCUT2D eigenvalue weighted by Crippen LogP contribution is -2.47. The van der Waals surface area contributed by atoms with Crippen molar-refractivity contribution in [3.05, 3.63) is 12.2 Å². The van der Waals surface area contributed by atoms with Crippen LogP contribution in [0.1, 0.15) is 20.3 Å². The molecule has 0 saturated heterocycles. The molecule has 2 amide bonds. The Hall–Kier alpha value is -2.05. The first-order valence-electron chi connectivity index (χ1n) is 6.08.